The Labute approximate surface area is 118 Å². The fourth-order valence-electron chi connectivity index (χ4n) is 2.15. The topological polar surface area (TPSA) is 85.0 Å². The molecule has 0 radical (unpaired) electrons. The molecule has 3 aromatic rings. The maximum absolute atomic E-state index is 13.9. The van der Waals surface area contributed by atoms with E-state index in [2.05, 4.69) is 0 Å². The van der Waals surface area contributed by atoms with Crippen LogP contribution in [0.5, 0.6) is 0 Å². The molecule has 0 bridgehead atoms. The summed E-state index contributed by atoms with van der Waals surface area (Å²) in [6, 6.07) is 10.8. The SMILES string of the molecule is N#Cc1ccc(Cn2c(=O)oc3cc(N)ccc32)c(F)c1. The Hall–Kier alpha value is -3.07. The van der Waals surface area contributed by atoms with E-state index in [0.29, 0.717) is 22.4 Å². The molecule has 0 saturated carbocycles. The predicted molar refractivity (Wildman–Crippen MR) is 75.1 cm³/mol. The zero-order valence-electron chi connectivity index (χ0n) is 10.8. The molecule has 1 aromatic heterocycles. The highest BCUT2D eigenvalue weighted by Crippen LogP contribution is 2.18. The van der Waals surface area contributed by atoms with Crippen molar-refractivity contribution in [3.05, 3.63) is 63.9 Å². The summed E-state index contributed by atoms with van der Waals surface area (Å²) < 4.78 is 20.3. The fourth-order valence-corrected chi connectivity index (χ4v) is 2.15. The summed E-state index contributed by atoms with van der Waals surface area (Å²) in [5.41, 5.74) is 7.54. The quantitative estimate of drug-likeness (QED) is 0.731. The average molecular weight is 283 g/mol. The number of nitrogens with two attached hydrogens (primary N) is 1. The number of fused-ring (bicyclic) bond motifs is 1. The molecule has 0 unspecified atom stereocenters. The van der Waals surface area contributed by atoms with E-state index in [4.69, 9.17) is 15.4 Å². The zero-order chi connectivity index (χ0) is 15.0. The Bertz CT molecular complexity index is 934. The molecular weight excluding hydrogens is 273 g/mol. The minimum absolute atomic E-state index is 0.0211. The van der Waals surface area contributed by atoms with Gasteiger partial charge in [-0.1, -0.05) is 6.07 Å². The summed E-state index contributed by atoms with van der Waals surface area (Å²) in [5, 5.41) is 8.72. The summed E-state index contributed by atoms with van der Waals surface area (Å²) in [5.74, 6) is -1.12. The minimum Gasteiger partial charge on any atom is -0.408 e. The van der Waals surface area contributed by atoms with Crippen LogP contribution in [-0.2, 0) is 6.54 Å². The monoisotopic (exact) mass is 283 g/mol. The van der Waals surface area contributed by atoms with Crippen LogP contribution in [0.1, 0.15) is 11.1 Å². The van der Waals surface area contributed by atoms with Gasteiger partial charge in [0.05, 0.1) is 23.7 Å². The van der Waals surface area contributed by atoms with Crippen LogP contribution in [0.2, 0.25) is 0 Å². The largest absolute Gasteiger partial charge is 0.420 e. The summed E-state index contributed by atoms with van der Waals surface area (Å²) in [6.07, 6.45) is 0. The second-order valence-electron chi connectivity index (χ2n) is 4.60. The van der Waals surface area contributed by atoms with E-state index >= 15 is 0 Å². The number of nitrogen functional groups attached to an aromatic ring is 1. The molecule has 0 fully saturated rings. The van der Waals surface area contributed by atoms with Gasteiger partial charge in [0.15, 0.2) is 5.58 Å². The lowest BCUT2D eigenvalue weighted by molar-refractivity contribution is 0.512. The van der Waals surface area contributed by atoms with Gasteiger partial charge in [-0.3, -0.25) is 4.57 Å². The highest BCUT2D eigenvalue weighted by atomic mass is 19.1. The van der Waals surface area contributed by atoms with Gasteiger partial charge < -0.3 is 10.2 Å². The Morgan fingerprint density at radius 3 is 2.81 bits per heavy atom. The molecule has 104 valence electrons. The van der Waals surface area contributed by atoms with Crippen molar-refractivity contribution in [1.82, 2.24) is 4.57 Å². The van der Waals surface area contributed by atoms with Crippen LogP contribution in [0.3, 0.4) is 0 Å². The van der Waals surface area contributed by atoms with E-state index in [0.717, 1.165) is 6.07 Å². The van der Waals surface area contributed by atoms with Crippen molar-refractivity contribution in [3.63, 3.8) is 0 Å². The van der Waals surface area contributed by atoms with Crippen LogP contribution < -0.4 is 11.5 Å². The van der Waals surface area contributed by atoms with E-state index in [1.54, 1.807) is 18.2 Å². The molecule has 0 aliphatic carbocycles. The number of nitrogens with zero attached hydrogens (tertiary/aromatic N) is 2. The Morgan fingerprint density at radius 1 is 1.29 bits per heavy atom. The zero-order valence-corrected chi connectivity index (χ0v) is 10.8. The third kappa shape index (κ3) is 2.25. The van der Waals surface area contributed by atoms with Gasteiger partial charge in [-0.05, 0) is 24.3 Å². The summed E-state index contributed by atoms with van der Waals surface area (Å²) in [4.78, 5) is 11.9. The highest BCUT2D eigenvalue weighted by molar-refractivity contribution is 5.76. The van der Waals surface area contributed by atoms with Gasteiger partial charge in [0, 0.05) is 17.3 Å². The number of nitriles is 1. The number of hydrogen-bond acceptors (Lipinski definition) is 4. The number of oxazole rings is 1. The molecule has 1 heterocycles. The number of rotatable bonds is 2. The summed E-state index contributed by atoms with van der Waals surface area (Å²) in [6.45, 7) is 0.0211. The van der Waals surface area contributed by atoms with Crippen LogP contribution in [0.25, 0.3) is 11.1 Å². The van der Waals surface area contributed by atoms with E-state index < -0.39 is 11.6 Å². The lowest BCUT2D eigenvalue weighted by Crippen LogP contribution is -2.15. The first kappa shape index (κ1) is 12.9. The van der Waals surface area contributed by atoms with Gasteiger partial charge in [-0.15, -0.1) is 0 Å². The molecule has 2 N–H and O–H groups in total. The molecular formula is C15H10FN3O2. The first-order valence-electron chi connectivity index (χ1n) is 6.16. The number of anilines is 1. The number of hydrogen-bond donors (Lipinski definition) is 1. The lowest BCUT2D eigenvalue weighted by atomic mass is 10.1. The third-order valence-corrected chi connectivity index (χ3v) is 3.20. The molecule has 0 aliphatic rings. The molecule has 2 aromatic carbocycles. The minimum atomic E-state index is -0.584. The van der Waals surface area contributed by atoms with Crippen molar-refractivity contribution < 1.29 is 8.81 Å². The second kappa shape index (κ2) is 4.80. The summed E-state index contributed by atoms with van der Waals surface area (Å²) >= 11 is 0. The lowest BCUT2D eigenvalue weighted by Gasteiger charge is -2.04. The molecule has 21 heavy (non-hydrogen) atoms. The van der Waals surface area contributed by atoms with Gasteiger partial charge in [0.25, 0.3) is 0 Å². The van der Waals surface area contributed by atoms with E-state index in [9.17, 15) is 9.18 Å². The molecule has 5 nitrogen and oxygen atoms in total. The van der Waals surface area contributed by atoms with Crippen LogP contribution in [-0.4, -0.2) is 4.57 Å². The molecule has 0 atom stereocenters. The molecule has 6 heteroatoms. The molecule has 3 rings (SSSR count). The molecule has 0 amide bonds. The van der Waals surface area contributed by atoms with Crippen molar-refractivity contribution in [3.8, 4) is 6.07 Å². The van der Waals surface area contributed by atoms with Gasteiger partial charge >= 0.3 is 5.76 Å². The maximum Gasteiger partial charge on any atom is 0.420 e. The van der Waals surface area contributed by atoms with Crippen molar-refractivity contribution >= 4 is 16.8 Å². The molecule has 0 saturated heterocycles. The van der Waals surface area contributed by atoms with Crippen molar-refractivity contribution in [1.29, 1.82) is 5.26 Å². The van der Waals surface area contributed by atoms with Gasteiger partial charge in [-0.25, -0.2) is 9.18 Å². The first-order chi connectivity index (χ1) is 10.1. The Kier molecular flexibility index (Phi) is 2.95. The number of benzene rings is 2. The number of halogens is 1. The normalized spacial score (nSPS) is 10.7. The number of aromatic nitrogens is 1. The second-order valence-corrected chi connectivity index (χ2v) is 4.60. The molecule has 0 spiro atoms. The first-order valence-corrected chi connectivity index (χ1v) is 6.16. The Morgan fingerprint density at radius 2 is 2.10 bits per heavy atom. The standard InChI is InChI=1S/C15H10FN3O2/c16-12-5-9(7-17)1-2-10(12)8-19-13-4-3-11(18)6-14(13)21-15(19)20/h1-6H,8,18H2. The third-order valence-electron chi connectivity index (χ3n) is 3.20. The maximum atomic E-state index is 13.9. The highest BCUT2D eigenvalue weighted by Gasteiger charge is 2.12. The molecule has 0 aliphatic heterocycles. The van der Waals surface area contributed by atoms with Gasteiger partial charge in [0.1, 0.15) is 5.82 Å². The van der Waals surface area contributed by atoms with E-state index in [-0.39, 0.29) is 12.1 Å². The van der Waals surface area contributed by atoms with Gasteiger partial charge in [-0.2, -0.15) is 5.26 Å². The van der Waals surface area contributed by atoms with E-state index in [1.807, 2.05) is 6.07 Å². The average Bonchev–Trinajstić information content (AvgIpc) is 2.76. The van der Waals surface area contributed by atoms with Crippen molar-refractivity contribution in [2.45, 2.75) is 6.54 Å². The van der Waals surface area contributed by atoms with Crippen LogP contribution in [0, 0.1) is 17.1 Å². The smallest absolute Gasteiger partial charge is 0.408 e. The van der Waals surface area contributed by atoms with Crippen LogP contribution in [0.4, 0.5) is 10.1 Å². The van der Waals surface area contributed by atoms with Crippen molar-refractivity contribution in [2.75, 3.05) is 5.73 Å². The van der Waals surface area contributed by atoms with Gasteiger partial charge in [0.2, 0.25) is 0 Å². The summed E-state index contributed by atoms with van der Waals surface area (Å²) in [7, 11) is 0. The van der Waals surface area contributed by atoms with Crippen LogP contribution in [0.15, 0.2) is 45.6 Å². The predicted octanol–water partition coefficient (Wildman–Crippen LogP) is 2.24. The Balaban J connectivity index is 2.08. The fraction of sp³-hybridized carbons (Fsp3) is 0.0667. The van der Waals surface area contributed by atoms with Crippen molar-refractivity contribution in [2.24, 2.45) is 0 Å². The van der Waals surface area contributed by atoms with E-state index in [1.165, 1.54) is 16.7 Å². The van der Waals surface area contributed by atoms with Crippen LogP contribution >= 0.6 is 0 Å².